The molecule has 0 aromatic heterocycles. The highest BCUT2D eigenvalue weighted by Crippen LogP contribution is 2.04. The summed E-state index contributed by atoms with van der Waals surface area (Å²) in [5.41, 5.74) is 20.9. The van der Waals surface area contributed by atoms with Gasteiger partial charge < -0.3 is 49.1 Å². The molecular formula is C18H32N8O8. The quantitative estimate of drug-likeness (QED) is 0.0568. The highest BCUT2D eigenvalue weighted by Gasteiger charge is 2.31. The van der Waals surface area contributed by atoms with Gasteiger partial charge in [-0.3, -0.25) is 29.0 Å². The van der Waals surface area contributed by atoms with Crippen molar-refractivity contribution in [2.45, 2.75) is 63.2 Å². The average Bonchev–Trinajstić information content (AvgIpc) is 2.71. The Labute approximate surface area is 194 Å². The number of nitrogens with two attached hydrogens (primary N) is 4. The van der Waals surface area contributed by atoms with Crippen molar-refractivity contribution in [2.24, 2.45) is 27.9 Å². The smallest absolute Gasteiger partial charge is 0.326 e. The van der Waals surface area contributed by atoms with Gasteiger partial charge in [0, 0.05) is 13.0 Å². The van der Waals surface area contributed by atoms with Crippen LogP contribution in [0.3, 0.4) is 0 Å². The Morgan fingerprint density at radius 2 is 1.35 bits per heavy atom. The van der Waals surface area contributed by atoms with Crippen molar-refractivity contribution in [3.8, 4) is 0 Å². The predicted octanol–water partition coefficient (Wildman–Crippen LogP) is -4.33. The minimum atomic E-state index is -1.69. The lowest BCUT2D eigenvalue weighted by atomic mass is 10.1. The van der Waals surface area contributed by atoms with Crippen LogP contribution in [-0.4, -0.2) is 82.5 Å². The second-order valence-corrected chi connectivity index (χ2v) is 7.36. The fourth-order valence-electron chi connectivity index (χ4n) is 2.55. The number of amides is 4. The molecule has 16 heteroatoms. The highest BCUT2D eigenvalue weighted by molar-refractivity contribution is 5.95. The summed E-state index contributed by atoms with van der Waals surface area (Å²) < 4.78 is 0. The molecule has 0 radical (unpaired) electrons. The number of primary amides is 1. The van der Waals surface area contributed by atoms with E-state index >= 15 is 0 Å². The van der Waals surface area contributed by atoms with Gasteiger partial charge in [0.2, 0.25) is 23.6 Å². The molecule has 13 N–H and O–H groups in total. The van der Waals surface area contributed by atoms with Crippen LogP contribution in [0.1, 0.15) is 39.0 Å². The van der Waals surface area contributed by atoms with Crippen LogP contribution < -0.4 is 38.9 Å². The summed E-state index contributed by atoms with van der Waals surface area (Å²) in [4.78, 5) is 74.6. The first-order valence-corrected chi connectivity index (χ1v) is 10.2. The lowest BCUT2D eigenvalue weighted by Crippen LogP contribution is -2.57. The van der Waals surface area contributed by atoms with Crippen molar-refractivity contribution in [2.75, 3.05) is 6.54 Å². The van der Waals surface area contributed by atoms with Gasteiger partial charge in [-0.25, -0.2) is 4.79 Å². The molecule has 4 amide bonds. The first-order chi connectivity index (χ1) is 15.7. The van der Waals surface area contributed by atoms with E-state index in [2.05, 4.69) is 20.9 Å². The van der Waals surface area contributed by atoms with E-state index in [0.717, 1.165) is 0 Å². The van der Waals surface area contributed by atoms with E-state index in [4.69, 9.17) is 28.0 Å². The third kappa shape index (κ3) is 12.8. The summed E-state index contributed by atoms with van der Waals surface area (Å²) in [7, 11) is 0. The monoisotopic (exact) mass is 488 g/mol. The molecule has 0 fully saturated rings. The maximum atomic E-state index is 12.7. The molecule has 0 rings (SSSR count). The van der Waals surface area contributed by atoms with E-state index in [1.54, 1.807) is 0 Å². The summed E-state index contributed by atoms with van der Waals surface area (Å²) in [5.74, 6) is -6.64. The number of aliphatic imine (C=N–C) groups is 1. The summed E-state index contributed by atoms with van der Waals surface area (Å²) in [6.45, 7) is 1.44. The maximum absolute atomic E-state index is 12.7. The molecule has 0 aliphatic heterocycles. The number of carbonyl (C=O) groups is 6. The molecule has 0 bridgehead atoms. The number of nitrogens with zero attached hydrogens (tertiary/aromatic N) is 1. The van der Waals surface area contributed by atoms with Crippen LogP contribution >= 0.6 is 0 Å². The van der Waals surface area contributed by atoms with Crippen molar-refractivity contribution in [1.82, 2.24) is 16.0 Å². The van der Waals surface area contributed by atoms with Crippen molar-refractivity contribution < 1.29 is 39.0 Å². The van der Waals surface area contributed by atoms with Crippen LogP contribution in [0.2, 0.25) is 0 Å². The van der Waals surface area contributed by atoms with Gasteiger partial charge in [-0.2, -0.15) is 0 Å². The van der Waals surface area contributed by atoms with Gasteiger partial charge in [0.25, 0.3) is 0 Å². The summed E-state index contributed by atoms with van der Waals surface area (Å²) in [6.07, 6.45) is -1.34. The van der Waals surface area contributed by atoms with E-state index in [9.17, 15) is 33.9 Å². The summed E-state index contributed by atoms with van der Waals surface area (Å²) >= 11 is 0. The van der Waals surface area contributed by atoms with Gasteiger partial charge >= 0.3 is 11.9 Å². The number of carboxylic acids is 2. The number of hydrogen-bond acceptors (Lipinski definition) is 8. The lowest BCUT2D eigenvalue weighted by molar-refractivity contribution is -0.143. The number of guanidine groups is 1. The van der Waals surface area contributed by atoms with E-state index in [1.807, 2.05) is 0 Å². The van der Waals surface area contributed by atoms with Crippen LogP contribution in [0.15, 0.2) is 4.99 Å². The Morgan fingerprint density at radius 1 is 0.824 bits per heavy atom. The first-order valence-electron chi connectivity index (χ1n) is 10.2. The van der Waals surface area contributed by atoms with Crippen molar-refractivity contribution >= 4 is 41.5 Å². The zero-order valence-electron chi connectivity index (χ0n) is 18.7. The topological polar surface area (TPSA) is 295 Å². The minimum Gasteiger partial charge on any atom is -0.481 e. The fraction of sp³-hybridized carbons (Fsp3) is 0.611. The molecule has 192 valence electrons. The van der Waals surface area contributed by atoms with Gasteiger partial charge in [0.15, 0.2) is 5.96 Å². The standard InChI is InChI=1S/C18H32N8O8/c1-8(19)14(30)24-9(4-5-12(20)27)15(31)26-11(7-13(28)29)16(32)25-10(17(33)34)3-2-6-23-18(21)22/h8-11H,2-7,19H2,1H3,(H2,20,27)(H,24,30)(H,25,32)(H,26,31)(H,28,29)(H,33,34)(H4,21,22,23). The Morgan fingerprint density at radius 3 is 1.82 bits per heavy atom. The van der Waals surface area contributed by atoms with E-state index < -0.39 is 66.2 Å². The van der Waals surface area contributed by atoms with Crippen LogP contribution in [0, 0.1) is 0 Å². The molecule has 0 aromatic carbocycles. The SMILES string of the molecule is CC(N)C(=O)NC(CCC(N)=O)C(=O)NC(CC(=O)O)C(=O)NC(CCCN=C(N)N)C(=O)O. The van der Waals surface area contributed by atoms with E-state index in [-0.39, 0.29) is 38.2 Å². The van der Waals surface area contributed by atoms with E-state index in [1.165, 1.54) is 6.92 Å². The number of aliphatic carboxylic acids is 2. The van der Waals surface area contributed by atoms with Gasteiger partial charge in [-0.1, -0.05) is 0 Å². The average molecular weight is 489 g/mol. The Balaban J connectivity index is 5.44. The molecule has 16 nitrogen and oxygen atoms in total. The van der Waals surface area contributed by atoms with E-state index in [0.29, 0.717) is 0 Å². The zero-order chi connectivity index (χ0) is 26.4. The Hall–Kier alpha value is -3.95. The second kappa shape index (κ2) is 15.0. The van der Waals surface area contributed by atoms with Crippen LogP contribution in [0.5, 0.6) is 0 Å². The van der Waals surface area contributed by atoms with Crippen LogP contribution in [0.25, 0.3) is 0 Å². The fourth-order valence-corrected chi connectivity index (χ4v) is 2.55. The number of hydrogen-bond donors (Lipinski definition) is 9. The van der Waals surface area contributed by atoms with Gasteiger partial charge in [-0.15, -0.1) is 0 Å². The normalized spacial score (nSPS) is 13.9. The molecule has 0 spiro atoms. The molecule has 0 saturated carbocycles. The summed E-state index contributed by atoms with van der Waals surface area (Å²) in [6, 6.07) is -5.46. The summed E-state index contributed by atoms with van der Waals surface area (Å²) in [5, 5.41) is 25.0. The third-order valence-corrected chi connectivity index (χ3v) is 4.30. The van der Waals surface area contributed by atoms with Crippen molar-refractivity contribution in [3.05, 3.63) is 0 Å². The molecule has 34 heavy (non-hydrogen) atoms. The Bertz CT molecular complexity index is 797. The number of nitrogens with one attached hydrogen (secondary N) is 3. The molecule has 4 unspecified atom stereocenters. The number of rotatable bonds is 16. The van der Waals surface area contributed by atoms with Gasteiger partial charge in [-0.05, 0) is 26.2 Å². The molecule has 0 aliphatic carbocycles. The van der Waals surface area contributed by atoms with Gasteiger partial charge in [0.05, 0.1) is 12.5 Å². The van der Waals surface area contributed by atoms with Crippen LogP contribution in [0.4, 0.5) is 0 Å². The maximum Gasteiger partial charge on any atom is 0.326 e. The first kappa shape index (κ1) is 30.0. The predicted molar refractivity (Wildman–Crippen MR) is 118 cm³/mol. The molecule has 0 saturated heterocycles. The number of carboxylic acid groups (broad SMARTS) is 2. The second-order valence-electron chi connectivity index (χ2n) is 7.36. The number of carbonyl (C=O) groups excluding carboxylic acids is 4. The minimum absolute atomic E-state index is 0.0860. The van der Waals surface area contributed by atoms with Crippen LogP contribution in [-0.2, 0) is 28.8 Å². The van der Waals surface area contributed by atoms with Gasteiger partial charge in [0.1, 0.15) is 18.1 Å². The Kier molecular flexibility index (Phi) is 13.2. The molecular weight excluding hydrogens is 456 g/mol. The zero-order valence-corrected chi connectivity index (χ0v) is 18.7. The molecule has 0 aromatic rings. The molecule has 0 heterocycles. The largest absolute Gasteiger partial charge is 0.481 e. The molecule has 4 atom stereocenters. The molecule has 0 aliphatic rings. The van der Waals surface area contributed by atoms with Crippen molar-refractivity contribution in [3.63, 3.8) is 0 Å². The van der Waals surface area contributed by atoms with Crippen molar-refractivity contribution in [1.29, 1.82) is 0 Å². The lowest BCUT2D eigenvalue weighted by Gasteiger charge is -2.24. The third-order valence-electron chi connectivity index (χ3n) is 4.30. The highest BCUT2D eigenvalue weighted by atomic mass is 16.4.